The second kappa shape index (κ2) is 11.6. The van der Waals surface area contributed by atoms with Crippen molar-refractivity contribution in [2.75, 3.05) is 18.4 Å². The maximum absolute atomic E-state index is 13.4. The first-order valence-electron chi connectivity index (χ1n) is 12.0. The molecule has 0 aliphatic heterocycles. The molecule has 6 nitrogen and oxygen atoms in total. The van der Waals surface area contributed by atoms with E-state index in [4.69, 9.17) is 0 Å². The van der Waals surface area contributed by atoms with Crippen LogP contribution < -0.4 is 5.32 Å². The highest BCUT2D eigenvalue weighted by Crippen LogP contribution is 2.29. The molecular formula is C29H27N5OS. The molecule has 180 valence electrons. The van der Waals surface area contributed by atoms with E-state index in [1.807, 2.05) is 47.4 Å². The monoisotopic (exact) mass is 493 g/mol. The quantitative estimate of drug-likeness (QED) is 0.258. The molecule has 2 amide bonds. The minimum absolute atomic E-state index is 0.162. The molecule has 0 radical (unpaired) electrons. The van der Waals surface area contributed by atoms with Gasteiger partial charge in [-0.3, -0.25) is 10.3 Å². The lowest BCUT2D eigenvalue weighted by atomic mass is 9.88. The first-order chi connectivity index (χ1) is 17.8. The third kappa shape index (κ3) is 5.93. The van der Waals surface area contributed by atoms with E-state index in [9.17, 15) is 4.79 Å². The van der Waals surface area contributed by atoms with Gasteiger partial charge in [-0.15, -0.1) is 0 Å². The summed E-state index contributed by atoms with van der Waals surface area (Å²) in [6.07, 6.45) is 5.00. The molecule has 0 bridgehead atoms. The van der Waals surface area contributed by atoms with Gasteiger partial charge in [0.1, 0.15) is 10.3 Å². The van der Waals surface area contributed by atoms with Crippen LogP contribution in [0.25, 0.3) is 10.3 Å². The predicted molar refractivity (Wildman–Crippen MR) is 145 cm³/mol. The molecule has 1 N–H and O–H groups in total. The SMILES string of the molecule is O=C(Nc1nc2cccnc2s1)N(CCc1ccccn1)CCC(c1ccccc1)c1ccccc1. The normalized spacial score (nSPS) is 11.0. The molecule has 0 unspecified atom stereocenters. The number of thiazole rings is 1. The molecule has 36 heavy (non-hydrogen) atoms. The third-order valence-electron chi connectivity index (χ3n) is 6.12. The highest BCUT2D eigenvalue weighted by molar-refractivity contribution is 7.21. The van der Waals surface area contributed by atoms with Crippen molar-refractivity contribution in [3.8, 4) is 0 Å². The van der Waals surface area contributed by atoms with Gasteiger partial charge in [-0.1, -0.05) is 78.1 Å². The highest BCUT2D eigenvalue weighted by Gasteiger charge is 2.20. The molecule has 0 aliphatic carbocycles. The van der Waals surface area contributed by atoms with E-state index in [2.05, 4.69) is 68.8 Å². The molecule has 0 saturated heterocycles. The molecule has 3 heterocycles. The van der Waals surface area contributed by atoms with E-state index < -0.39 is 0 Å². The number of nitrogens with zero attached hydrogens (tertiary/aromatic N) is 4. The smallest absolute Gasteiger partial charge is 0.323 e. The van der Waals surface area contributed by atoms with Gasteiger partial charge in [-0.2, -0.15) is 0 Å². The molecule has 0 fully saturated rings. The topological polar surface area (TPSA) is 71.0 Å². The van der Waals surface area contributed by atoms with Gasteiger partial charge in [0.25, 0.3) is 0 Å². The number of amides is 2. The zero-order valence-electron chi connectivity index (χ0n) is 19.8. The van der Waals surface area contributed by atoms with Crippen LogP contribution in [0.4, 0.5) is 9.93 Å². The van der Waals surface area contributed by atoms with Gasteiger partial charge < -0.3 is 4.90 Å². The largest absolute Gasteiger partial charge is 0.324 e. The van der Waals surface area contributed by atoms with Gasteiger partial charge in [-0.05, 0) is 41.8 Å². The Morgan fingerprint density at radius 2 is 1.50 bits per heavy atom. The summed E-state index contributed by atoms with van der Waals surface area (Å²) in [5, 5.41) is 3.56. The van der Waals surface area contributed by atoms with Gasteiger partial charge in [-0.25, -0.2) is 14.8 Å². The Morgan fingerprint density at radius 3 is 2.17 bits per heavy atom. The molecule has 7 heteroatoms. The molecule has 5 rings (SSSR count). The molecular weight excluding hydrogens is 466 g/mol. The number of urea groups is 1. The number of pyridine rings is 2. The lowest BCUT2D eigenvalue weighted by Crippen LogP contribution is -2.38. The molecule has 0 spiro atoms. The minimum Gasteiger partial charge on any atom is -0.324 e. The molecule has 5 aromatic rings. The van der Waals surface area contributed by atoms with Gasteiger partial charge in [0, 0.05) is 43.5 Å². The third-order valence-corrected chi connectivity index (χ3v) is 7.02. The van der Waals surface area contributed by atoms with Crippen LogP contribution in [0.3, 0.4) is 0 Å². The van der Waals surface area contributed by atoms with Crippen LogP contribution in [0.2, 0.25) is 0 Å². The van der Waals surface area contributed by atoms with E-state index in [0.717, 1.165) is 22.5 Å². The van der Waals surface area contributed by atoms with Crippen LogP contribution in [-0.2, 0) is 6.42 Å². The summed E-state index contributed by atoms with van der Waals surface area (Å²) in [4.78, 5) is 29.4. The zero-order chi connectivity index (χ0) is 24.6. The van der Waals surface area contributed by atoms with Crippen molar-refractivity contribution < 1.29 is 4.79 Å². The standard InChI is InChI=1S/C29H27N5OS/c35-29(33-28-32-26-15-9-19-31-27(26)36-28)34(20-16-24-14-7-8-18-30-24)21-17-25(22-10-3-1-4-11-22)23-12-5-2-6-13-23/h1-15,18-19,25H,16-17,20-21H2,(H,32,33,35). The molecule has 0 atom stereocenters. The van der Waals surface area contributed by atoms with Crippen molar-refractivity contribution in [1.29, 1.82) is 0 Å². The van der Waals surface area contributed by atoms with E-state index in [1.165, 1.54) is 22.5 Å². The van der Waals surface area contributed by atoms with Crippen LogP contribution in [0.1, 0.15) is 29.2 Å². The Balaban J connectivity index is 1.35. The summed E-state index contributed by atoms with van der Waals surface area (Å²) in [6, 6.07) is 30.4. The summed E-state index contributed by atoms with van der Waals surface area (Å²) in [6.45, 7) is 1.15. The number of hydrogen-bond acceptors (Lipinski definition) is 5. The van der Waals surface area contributed by atoms with Crippen molar-refractivity contribution in [2.45, 2.75) is 18.8 Å². The number of carbonyl (C=O) groups is 1. The minimum atomic E-state index is -0.162. The maximum atomic E-state index is 13.4. The van der Waals surface area contributed by atoms with E-state index >= 15 is 0 Å². The molecule has 0 aliphatic rings. The number of nitrogens with one attached hydrogen (secondary N) is 1. The van der Waals surface area contributed by atoms with Crippen molar-refractivity contribution in [3.63, 3.8) is 0 Å². The lowest BCUT2D eigenvalue weighted by molar-refractivity contribution is 0.210. The fraction of sp³-hybridized carbons (Fsp3) is 0.172. The number of carbonyl (C=O) groups excluding carboxylic acids is 1. The molecule has 3 aromatic heterocycles. The summed E-state index contributed by atoms with van der Waals surface area (Å²) in [5.41, 5.74) is 4.23. The number of hydrogen-bond donors (Lipinski definition) is 1. The van der Waals surface area contributed by atoms with Crippen molar-refractivity contribution in [2.24, 2.45) is 0 Å². The molecule has 0 saturated carbocycles. The Morgan fingerprint density at radius 1 is 0.806 bits per heavy atom. The lowest BCUT2D eigenvalue weighted by Gasteiger charge is -2.26. The first-order valence-corrected chi connectivity index (χ1v) is 12.9. The van der Waals surface area contributed by atoms with Gasteiger partial charge >= 0.3 is 6.03 Å². The average molecular weight is 494 g/mol. The maximum Gasteiger partial charge on any atom is 0.323 e. The average Bonchev–Trinajstić information content (AvgIpc) is 3.34. The van der Waals surface area contributed by atoms with Crippen molar-refractivity contribution in [1.82, 2.24) is 19.9 Å². The Hall–Kier alpha value is -4.10. The van der Waals surface area contributed by atoms with Crippen molar-refractivity contribution >= 4 is 32.8 Å². The second-order valence-corrected chi connectivity index (χ2v) is 9.48. The Bertz CT molecular complexity index is 1320. The Labute approximate surface area is 214 Å². The Kier molecular flexibility index (Phi) is 7.58. The number of anilines is 1. The van der Waals surface area contributed by atoms with Gasteiger partial charge in [0.05, 0.1) is 0 Å². The zero-order valence-corrected chi connectivity index (χ0v) is 20.6. The van der Waals surface area contributed by atoms with Crippen molar-refractivity contribution in [3.05, 3.63) is 120 Å². The van der Waals surface area contributed by atoms with Crippen LogP contribution in [0.5, 0.6) is 0 Å². The van der Waals surface area contributed by atoms with E-state index in [1.54, 1.807) is 12.4 Å². The number of fused-ring (bicyclic) bond motifs is 1. The fourth-order valence-corrected chi connectivity index (χ4v) is 5.08. The van der Waals surface area contributed by atoms with Crippen LogP contribution in [0, 0.1) is 0 Å². The molecule has 2 aromatic carbocycles. The van der Waals surface area contributed by atoms with E-state index in [0.29, 0.717) is 24.6 Å². The second-order valence-electron chi connectivity index (χ2n) is 8.50. The highest BCUT2D eigenvalue weighted by atomic mass is 32.1. The van der Waals surface area contributed by atoms with E-state index in [-0.39, 0.29) is 11.9 Å². The fourth-order valence-electron chi connectivity index (χ4n) is 4.29. The summed E-state index contributed by atoms with van der Waals surface area (Å²) >= 11 is 1.38. The van der Waals surface area contributed by atoms with Crippen LogP contribution in [-0.4, -0.2) is 39.0 Å². The summed E-state index contributed by atoms with van der Waals surface area (Å²) in [7, 11) is 0. The van der Waals surface area contributed by atoms with Gasteiger partial charge in [0.15, 0.2) is 5.13 Å². The number of aromatic nitrogens is 3. The first kappa shape index (κ1) is 23.6. The number of benzene rings is 2. The van der Waals surface area contributed by atoms with Gasteiger partial charge in [0.2, 0.25) is 0 Å². The van der Waals surface area contributed by atoms with Crippen LogP contribution in [0.15, 0.2) is 103 Å². The van der Waals surface area contributed by atoms with Crippen LogP contribution >= 0.6 is 11.3 Å². The summed E-state index contributed by atoms with van der Waals surface area (Å²) in [5.74, 6) is 0.184. The predicted octanol–water partition coefficient (Wildman–Crippen LogP) is 6.39. The summed E-state index contributed by atoms with van der Waals surface area (Å²) < 4.78 is 0. The number of rotatable bonds is 9.